The summed E-state index contributed by atoms with van der Waals surface area (Å²) in [6, 6.07) is 8.82. The Balaban J connectivity index is 1.28. The zero-order valence-electron chi connectivity index (χ0n) is 29.0. The molecule has 1 saturated carbocycles. The Morgan fingerprint density at radius 2 is 1.67 bits per heavy atom. The molecule has 17 heteroatoms. The zero-order chi connectivity index (χ0) is 36.3. The number of hydrogen-bond donors (Lipinski definition) is 3. The Hall–Kier alpha value is -5.35. The van der Waals surface area contributed by atoms with Gasteiger partial charge in [0.15, 0.2) is 12.3 Å². The molecule has 276 valence electrons. The molecule has 3 N–H and O–H groups in total. The topological polar surface area (TPSA) is 194 Å². The van der Waals surface area contributed by atoms with Crippen molar-refractivity contribution in [1.29, 1.82) is 0 Å². The Morgan fingerprint density at radius 3 is 2.33 bits per heavy atom. The van der Waals surface area contributed by atoms with Crippen molar-refractivity contribution in [2.45, 2.75) is 63.6 Å². The molecule has 0 bridgehead atoms. The number of alkyl carbamates (subject to hydrolysis) is 1. The predicted molar refractivity (Wildman–Crippen MR) is 181 cm³/mol. The van der Waals surface area contributed by atoms with Gasteiger partial charge in [0.25, 0.3) is 11.8 Å². The molecule has 17 nitrogen and oxygen atoms in total. The van der Waals surface area contributed by atoms with Crippen LogP contribution in [0.4, 0.5) is 9.59 Å². The van der Waals surface area contributed by atoms with Gasteiger partial charge in [-0.3, -0.25) is 19.2 Å². The fraction of sp³-hybridized carbons (Fsp3) is 0.559. The van der Waals surface area contributed by atoms with Crippen LogP contribution in [0.25, 0.3) is 5.69 Å². The van der Waals surface area contributed by atoms with Crippen LogP contribution in [0.15, 0.2) is 36.4 Å². The van der Waals surface area contributed by atoms with Gasteiger partial charge in [-0.2, -0.15) is 5.10 Å². The van der Waals surface area contributed by atoms with E-state index in [1.807, 2.05) is 6.07 Å². The molecule has 2 aromatic rings. The average molecular weight is 711 g/mol. The molecule has 2 saturated heterocycles. The Morgan fingerprint density at radius 1 is 0.941 bits per heavy atom. The third kappa shape index (κ3) is 9.46. The number of likely N-dealkylation sites (tertiary alicyclic amines) is 1. The summed E-state index contributed by atoms with van der Waals surface area (Å²) in [5.41, 5.74) is 0.485. The van der Waals surface area contributed by atoms with Gasteiger partial charge in [0, 0.05) is 51.4 Å². The van der Waals surface area contributed by atoms with Crippen molar-refractivity contribution in [1.82, 2.24) is 40.4 Å². The summed E-state index contributed by atoms with van der Waals surface area (Å²) in [5.74, 6) is -1.48. The number of benzene rings is 1. The number of aromatic nitrogens is 2. The van der Waals surface area contributed by atoms with Crippen LogP contribution in [-0.4, -0.2) is 138 Å². The van der Waals surface area contributed by atoms with Crippen molar-refractivity contribution >= 4 is 35.8 Å². The van der Waals surface area contributed by atoms with Gasteiger partial charge in [-0.25, -0.2) is 14.3 Å². The van der Waals surface area contributed by atoms with Crippen LogP contribution in [0.5, 0.6) is 5.88 Å². The van der Waals surface area contributed by atoms with Crippen molar-refractivity contribution in [2.24, 2.45) is 0 Å². The molecule has 51 heavy (non-hydrogen) atoms. The van der Waals surface area contributed by atoms with Gasteiger partial charge in [0.1, 0.15) is 12.1 Å². The van der Waals surface area contributed by atoms with E-state index in [-0.39, 0.29) is 81.8 Å². The molecule has 0 spiro atoms. The van der Waals surface area contributed by atoms with Crippen LogP contribution < -0.4 is 20.7 Å². The van der Waals surface area contributed by atoms with Gasteiger partial charge in [0.05, 0.1) is 19.4 Å². The number of piperazine rings is 1. The smallest absolute Gasteiger partial charge is 0.409 e. The maximum atomic E-state index is 13.7. The van der Waals surface area contributed by atoms with Crippen molar-refractivity contribution in [2.75, 3.05) is 59.6 Å². The first-order valence-corrected chi connectivity index (χ1v) is 17.4. The summed E-state index contributed by atoms with van der Waals surface area (Å²) >= 11 is 0. The van der Waals surface area contributed by atoms with E-state index in [1.54, 1.807) is 36.1 Å². The Labute approximate surface area is 295 Å². The molecule has 2 aliphatic heterocycles. The molecule has 1 aromatic carbocycles. The molecule has 6 amide bonds. The zero-order valence-corrected chi connectivity index (χ0v) is 29.0. The van der Waals surface area contributed by atoms with Crippen LogP contribution in [0.1, 0.15) is 55.9 Å². The second-order valence-electron chi connectivity index (χ2n) is 12.5. The van der Waals surface area contributed by atoms with E-state index < -0.39 is 36.1 Å². The van der Waals surface area contributed by atoms with Gasteiger partial charge in [0.2, 0.25) is 17.7 Å². The molecule has 0 unspecified atom stereocenters. The lowest BCUT2D eigenvalue weighted by atomic mass is 9.93. The fourth-order valence-electron chi connectivity index (χ4n) is 6.16. The third-order valence-electron chi connectivity index (χ3n) is 9.19. The number of rotatable bonds is 13. The highest BCUT2D eigenvalue weighted by atomic mass is 16.6. The molecule has 0 radical (unpaired) electrons. The molecule has 3 aliphatic rings. The highest BCUT2D eigenvalue weighted by Gasteiger charge is 2.36. The van der Waals surface area contributed by atoms with Gasteiger partial charge >= 0.3 is 12.2 Å². The number of nitrogens with zero attached hydrogens (tertiary/aromatic N) is 5. The third-order valence-corrected chi connectivity index (χ3v) is 9.19. The van der Waals surface area contributed by atoms with E-state index in [0.29, 0.717) is 25.1 Å². The van der Waals surface area contributed by atoms with Crippen molar-refractivity contribution in [3.05, 3.63) is 42.1 Å². The fourth-order valence-corrected chi connectivity index (χ4v) is 6.16. The lowest BCUT2D eigenvalue weighted by Crippen LogP contribution is -2.56. The Kier molecular flexibility index (Phi) is 12.7. The van der Waals surface area contributed by atoms with E-state index in [9.17, 15) is 28.8 Å². The van der Waals surface area contributed by atoms with Crippen LogP contribution >= 0.6 is 0 Å². The van der Waals surface area contributed by atoms with Gasteiger partial charge in [-0.15, -0.1) is 0 Å². The summed E-state index contributed by atoms with van der Waals surface area (Å²) in [4.78, 5) is 82.0. The summed E-state index contributed by atoms with van der Waals surface area (Å²) in [6.45, 7) is 3.00. The number of methoxy groups -OCH3 is 1. The first kappa shape index (κ1) is 36.9. The van der Waals surface area contributed by atoms with Crippen LogP contribution in [0.2, 0.25) is 0 Å². The summed E-state index contributed by atoms with van der Waals surface area (Å²) in [5, 5.41) is 12.8. The number of para-hydroxylation sites is 1. The summed E-state index contributed by atoms with van der Waals surface area (Å²) in [7, 11) is 1.22. The molecular weight excluding hydrogens is 664 g/mol. The van der Waals surface area contributed by atoms with E-state index in [2.05, 4.69) is 25.8 Å². The first-order valence-electron chi connectivity index (χ1n) is 17.4. The number of hydrogen-bond acceptors (Lipinski definition) is 10. The Bertz CT molecular complexity index is 1560. The van der Waals surface area contributed by atoms with Crippen LogP contribution in [0.3, 0.4) is 0 Å². The highest BCUT2D eigenvalue weighted by Crippen LogP contribution is 2.24. The van der Waals surface area contributed by atoms with E-state index in [4.69, 9.17) is 9.47 Å². The lowest BCUT2D eigenvalue weighted by molar-refractivity contribution is -0.140. The number of carbonyl (C=O) groups excluding carboxylic acids is 6. The number of ether oxygens (including phenoxy) is 3. The minimum Gasteiger partial charge on any atom is -0.467 e. The van der Waals surface area contributed by atoms with E-state index >= 15 is 0 Å². The van der Waals surface area contributed by atoms with Crippen molar-refractivity contribution in [3.8, 4) is 11.6 Å². The molecular formula is C34H46N8O9. The number of nitrogens with one attached hydrogen (secondary N) is 3. The summed E-state index contributed by atoms with van der Waals surface area (Å²) in [6.07, 6.45) is 3.16. The van der Waals surface area contributed by atoms with Gasteiger partial charge in [-0.1, -0.05) is 18.2 Å². The number of carbonyl (C=O) groups is 6. The monoisotopic (exact) mass is 710 g/mol. The molecule has 2 atom stereocenters. The number of amides is 6. The van der Waals surface area contributed by atoms with Crippen LogP contribution in [-0.2, 0) is 23.9 Å². The van der Waals surface area contributed by atoms with E-state index in [1.165, 1.54) is 27.7 Å². The largest absolute Gasteiger partial charge is 0.467 e. The van der Waals surface area contributed by atoms with Gasteiger partial charge in [-0.05, 0) is 57.6 Å². The quantitative estimate of drug-likeness (QED) is 0.271. The minimum absolute atomic E-state index is 0.0251. The highest BCUT2D eigenvalue weighted by molar-refractivity contribution is 5.96. The minimum atomic E-state index is -1.06. The van der Waals surface area contributed by atoms with Crippen LogP contribution in [0, 0.1) is 0 Å². The molecule has 3 fully saturated rings. The van der Waals surface area contributed by atoms with E-state index in [0.717, 1.165) is 19.3 Å². The first-order chi connectivity index (χ1) is 24.7. The second-order valence-corrected chi connectivity index (χ2v) is 12.5. The average Bonchev–Trinajstić information content (AvgIpc) is 3.80. The SMILES string of the molecule is CCOC(=O)N1CCN(C(=O)[C@H](CCNC(=O)OC)NC(=O)c2cc(OCC(=O)N3CCC[C@H]3C(=O)NC3CCC3)n(-c3ccccc3)n2)CC1. The summed E-state index contributed by atoms with van der Waals surface area (Å²) < 4.78 is 17.0. The normalized spacial score (nSPS) is 17.9. The second kappa shape index (κ2) is 17.5. The van der Waals surface area contributed by atoms with Gasteiger partial charge < -0.3 is 44.9 Å². The standard InChI is InChI=1S/C34H46N8O9/c1-3-50-34(48)40-19-17-39(18-20-40)32(46)25(14-15-35-33(47)49-2)37-30(44)26-21-29(42(38-26)24-11-5-4-6-12-24)51-22-28(43)41-16-8-13-27(41)31(45)36-23-9-7-10-23/h4-6,11-12,21,23,25,27H,3,7-10,13-20,22H2,1-2H3,(H,35,47)(H,36,45)(H,37,44)/t25-,27-/m0/s1. The van der Waals surface area contributed by atoms with Crippen molar-refractivity contribution in [3.63, 3.8) is 0 Å². The maximum absolute atomic E-state index is 13.7. The molecule has 1 aliphatic carbocycles. The molecule has 5 rings (SSSR count). The van der Waals surface area contributed by atoms with Crippen molar-refractivity contribution < 1.29 is 43.0 Å². The lowest BCUT2D eigenvalue weighted by Gasteiger charge is -2.36. The predicted octanol–water partition coefficient (Wildman–Crippen LogP) is 1.06. The molecule has 1 aromatic heterocycles. The maximum Gasteiger partial charge on any atom is 0.409 e. The molecule has 3 heterocycles.